The number of nitro groups is 1. The van der Waals surface area contributed by atoms with E-state index in [-0.39, 0.29) is 5.95 Å². The van der Waals surface area contributed by atoms with Gasteiger partial charge in [0.2, 0.25) is 11.8 Å². The lowest BCUT2D eigenvalue weighted by Crippen LogP contribution is -2.13. The SMILES string of the molecule is Cc1cc(F)c([N+](=O)[O-])cc1Nc1ncc(P(C)(C)=O)c(-c2cn(C)c3ccccc23)n1. The maximum Gasteiger partial charge on any atom is 0.306 e. The van der Waals surface area contributed by atoms with Crippen molar-refractivity contribution in [2.75, 3.05) is 18.6 Å². The number of anilines is 2. The minimum Gasteiger partial charge on any atom is -0.350 e. The van der Waals surface area contributed by atoms with Gasteiger partial charge in [0.15, 0.2) is 0 Å². The molecule has 0 radical (unpaired) electrons. The standard InChI is InChI=1S/C22H21FN5O3P/c1-13-9-16(23)19(28(29)30)10-17(13)25-22-24-11-20(32(3,4)31)21(26-22)15-12-27(2)18-8-6-5-7-14(15)18/h5-12H,1-4H3,(H,24,25,26). The lowest BCUT2D eigenvalue weighted by molar-refractivity contribution is -0.387. The van der Waals surface area contributed by atoms with Gasteiger partial charge in [-0.3, -0.25) is 10.1 Å². The Hall–Kier alpha value is -3.58. The van der Waals surface area contributed by atoms with Gasteiger partial charge < -0.3 is 14.4 Å². The van der Waals surface area contributed by atoms with E-state index in [1.54, 1.807) is 20.3 Å². The molecule has 0 amide bonds. The number of fused-ring (bicyclic) bond motifs is 1. The fraction of sp³-hybridized carbons (Fsp3) is 0.182. The fourth-order valence-corrected chi connectivity index (χ4v) is 4.63. The van der Waals surface area contributed by atoms with Crippen molar-refractivity contribution in [2.24, 2.45) is 7.05 Å². The van der Waals surface area contributed by atoms with Crippen LogP contribution in [0.5, 0.6) is 0 Å². The van der Waals surface area contributed by atoms with Gasteiger partial charge in [-0.1, -0.05) is 18.2 Å². The van der Waals surface area contributed by atoms with Gasteiger partial charge in [0.05, 0.1) is 21.6 Å². The van der Waals surface area contributed by atoms with Crippen LogP contribution in [0.4, 0.5) is 21.7 Å². The van der Waals surface area contributed by atoms with Crippen LogP contribution in [0.25, 0.3) is 22.2 Å². The number of para-hydroxylation sites is 1. The Kier molecular flexibility index (Phi) is 5.30. The molecule has 0 spiro atoms. The minimum absolute atomic E-state index is 0.161. The maximum absolute atomic E-state index is 13.9. The average molecular weight is 453 g/mol. The summed E-state index contributed by atoms with van der Waals surface area (Å²) < 4.78 is 28.9. The molecule has 0 aliphatic heterocycles. The number of hydrogen-bond acceptors (Lipinski definition) is 6. The average Bonchev–Trinajstić information content (AvgIpc) is 3.06. The van der Waals surface area contributed by atoms with E-state index in [0.29, 0.717) is 22.2 Å². The molecule has 0 atom stereocenters. The van der Waals surface area contributed by atoms with Gasteiger partial charge in [-0.05, 0) is 37.9 Å². The smallest absolute Gasteiger partial charge is 0.306 e. The van der Waals surface area contributed by atoms with Gasteiger partial charge in [0.1, 0.15) is 7.14 Å². The molecular formula is C22H21FN5O3P. The van der Waals surface area contributed by atoms with E-state index in [9.17, 15) is 19.1 Å². The number of nitrogens with zero attached hydrogens (tertiary/aromatic N) is 4. The third kappa shape index (κ3) is 3.87. The lowest BCUT2D eigenvalue weighted by Gasteiger charge is -2.14. The lowest BCUT2D eigenvalue weighted by atomic mass is 10.1. The molecule has 32 heavy (non-hydrogen) atoms. The number of nitro benzene ring substituents is 1. The zero-order chi connectivity index (χ0) is 23.2. The number of hydrogen-bond donors (Lipinski definition) is 1. The highest BCUT2D eigenvalue weighted by atomic mass is 31.2. The molecule has 164 valence electrons. The van der Waals surface area contributed by atoms with Crippen molar-refractivity contribution in [3.05, 3.63) is 70.3 Å². The normalized spacial score (nSPS) is 11.7. The summed E-state index contributed by atoms with van der Waals surface area (Å²) in [6.07, 6.45) is 3.43. The second-order valence-electron chi connectivity index (χ2n) is 7.95. The zero-order valence-corrected chi connectivity index (χ0v) is 18.9. The molecule has 2 aromatic heterocycles. The zero-order valence-electron chi connectivity index (χ0n) is 18.0. The van der Waals surface area contributed by atoms with Crippen LogP contribution in [-0.4, -0.2) is 32.8 Å². The first-order valence-corrected chi connectivity index (χ1v) is 12.3. The van der Waals surface area contributed by atoms with Gasteiger partial charge >= 0.3 is 5.69 Å². The monoisotopic (exact) mass is 453 g/mol. The summed E-state index contributed by atoms with van der Waals surface area (Å²) in [5, 5.41) is 15.6. The van der Waals surface area contributed by atoms with Crippen molar-refractivity contribution in [3.63, 3.8) is 0 Å². The van der Waals surface area contributed by atoms with E-state index in [4.69, 9.17) is 0 Å². The van der Waals surface area contributed by atoms with Crippen LogP contribution in [-0.2, 0) is 11.6 Å². The predicted octanol–water partition coefficient (Wildman–Crippen LogP) is 4.98. The number of halogens is 1. The van der Waals surface area contributed by atoms with E-state index in [1.807, 2.05) is 42.1 Å². The third-order valence-electron chi connectivity index (χ3n) is 5.24. The first-order chi connectivity index (χ1) is 15.1. The van der Waals surface area contributed by atoms with Crippen molar-refractivity contribution in [1.29, 1.82) is 0 Å². The van der Waals surface area contributed by atoms with Crippen LogP contribution in [0.2, 0.25) is 0 Å². The summed E-state index contributed by atoms with van der Waals surface area (Å²) in [5.74, 6) is -0.752. The molecule has 0 unspecified atom stereocenters. The highest BCUT2D eigenvalue weighted by molar-refractivity contribution is 7.70. The predicted molar refractivity (Wildman–Crippen MR) is 124 cm³/mol. The summed E-state index contributed by atoms with van der Waals surface area (Å²) in [5.41, 5.74) is 2.44. The number of nitrogens with one attached hydrogen (secondary N) is 1. The Labute approximate surface area is 183 Å². The highest BCUT2D eigenvalue weighted by Gasteiger charge is 2.23. The van der Waals surface area contributed by atoms with Crippen molar-refractivity contribution in [3.8, 4) is 11.3 Å². The molecule has 10 heteroatoms. The van der Waals surface area contributed by atoms with E-state index >= 15 is 0 Å². The number of benzene rings is 2. The Bertz CT molecular complexity index is 1430. The molecule has 0 bridgehead atoms. The van der Waals surface area contributed by atoms with Crippen molar-refractivity contribution >= 4 is 40.7 Å². The molecule has 4 aromatic rings. The second kappa shape index (κ2) is 7.84. The summed E-state index contributed by atoms with van der Waals surface area (Å²) in [4.78, 5) is 19.3. The van der Waals surface area contributed by atoms with Crippen LogP contribution < -0.4 is 10.6 Å². The summed E-state index contributed by atoms with van der Waals surface area (Å²) in [6, 6.07) is 10.0. The molecule has 2 heterocycles. The molecule has 0 aliphatic rings. The number of rotatable bonds is 5. The molecule has 0 fully saturated rings. The topological polar surface area (TPSA) is 103 Å². The number of aromatic nitrogens is 3. The van der Waals surface area contributed by atoms with Crippen molar-refractivity contribution in [1.82, 2.24) is 14.5 Å². The van der Waals surface area contributed by atoms with Gasteiger partial charge in [-0.15, -0.1) is 0 Å². The molecule has 0 aliphatic carbocycles. The number of aryl methyl sites for hydroxylation is 2. The molecular weight excluding hydrogens is 432 g/mol. The highest BCUT2D eigenvalue weighted by Crippen LogP contribution is 2.40. The van der Waals surface area contributed by atoms with Crippen molar-refractivity contribution < 1.29 is 13.9 Å². The van der Waals surface area contributed by atoms with Crippen LogP contribution >= 0.6 is 7.14 Å². The van der Waals surface area contributed by atoms with Gasteiger partial charge in [0.25, 0.3) is 0 Å². The van der Waals surface area contributed by atoms with Gasteiger partial charge in [0, 0.05) is 42.0 Å². The molecule has 2 aromatic carbocycles. The molecule has 1 N–H and O–H groups in total. The Morgan fingerprint density at radius 2 is 1.94 bits per heavy atom. The Morgan fingerprint density at radius 3 is 2.62 bits per heavy atom. The summed E-state index contributed by atoms with van der Waals surface area (Å²) in [7, 11) is -0.809. The second-order valence-corrected chi connectivity index (χ2v) is 11.1. The first-order valence-electron chi connectivity index (χ1n) is 9.75. The van der Waals surface area contributed by atoms with E-state index in [2.05, 4.69) is 15.3 Å². The summed E-state index contributed by atoms with van der Waals surface area (Å²) >= 11 is 0. The molecule has 4 rings (SSSR count). The fourth-order valence-electron chi connectivity index (χ4n) is 3.61. The van der Waals surface area contributed by atoms with Crippen LogP contribution in [0.1, 0.15) is 5.56 Å². The van der Waals surface area contributed by atoms with E-state index < -0.39 is 23.6 Å². The quantitative estimate of drug-likeness (QED) is 0.260. The summed E-state index contributed by atoms with van der Waals surface area (Å²) in [6.45, 7) is 4.93. The molecule has 0 saturated carbocycles. The van der Waals surface area contributed by atoms with Crippen molar-refractivity contribution in [2.45, 2.75) is 6.92 Å². The van der Waals surface area contributed by atoms with Crippen LogP contribution in [0.15, 0.2) is 48.8 Å². The Morgan fingerprint density at radius 1 is 1.22 bits per heavy atom. The van der Waals surface area contributed by atoms with Gasteiger partial charge in [-0.2, -0.15) is 4.39 Å². The molecule has 8 nitrogen and oxygen atoms in total. The minimum atomic E-state index is -2.73. The van der Waals surface area contributed by atoms with E-state index in [1.165, 1.54) is 6.20 Å². The van der Waals surface area contributed by atoms with E-state index in [0.717, 1.165) is 28.6 Å². The maximum atomic E-state index is 13.9. The molecule has 0 saturated heterocycles. The first kappa shape index (κ1) is 21.6. The Balaban J connectivity index is 1.88. The third-order valence-corrected chi connectivity index (χ3v) is 6.73. The largest absolute Gasteiger partial charge is 0.350 e. The van der Waals surface area contributed by atoms with Gasteiger partial charge in [-0.25, -0.2) is 9.97 Å². The van der Waals surface area contributed by atoms with Crippen LogP contribution in [0, 0.1) is 22.9 Å². The van der Waals surface area contributed by atoms with Crippen LogP contribution in [0.3, 0.4) is 0 Å².